The van der Waals surface area contributed by atoms with Crippen LogP contribution in [0.1, 0.15) is 70.8 Å². The van der Waals surface area contributed by atoms with E-state index in [1.165, 1.54) is 32.9 Å². The number of carbonyl (C=O) groups is 3. The van der Waals surface area contributed by atoms with Crippen molar-refractivity contribution >= 4 is 17.5 Å². The molecule has 32 heavy (non-hydrogen) atoms. The summed E-state index contributed by atoms with van der Waals surface area (Å²) in [6.07, 6.45) is -0.725. The lowest BCUT2D eigenvalue weighted by Crippen LogP contribution is -2.12. The van der Waals surface area contributed by atoms with E-state index in [4.69, 9.17) is 15.5 Å². The van der Waals surface area contributed by atoms with Crippen molar-refractivity contribution in [1.29, 1.82) is 0 Å². The van der Waals surface area contributed by atoms with E-state index in [2.05, 4.69) is 18.5 Å². The predicted octanol–water partition coefficient (Wildman–Crippen LogP) is 1.34. The molecule has 0 radical (unpaired) electrons. The molecule has 0 bridgehead atoms. The van der Waals surface area contributed by atoms with E-state index in [1.807, 2.05) is 0 Å². The number of ketones is 2. The van der Waals surface area contributed by atoms with Gasteiger partial charge in [-0.05, 0) is 38.5 Å². The van der Waals surface area contributed by atoms with Crippen LogP contribution in [0.15, 0.2) is 42.7 Å². The number of hydrogen-bond acceptors (Lipinski definition) is 12. The molecule has 1 unspecified atom stereocenters. The molecule has 0 aliphatic rings. The summed E-state index contributed by atoms with van der Waals surface area (Å²) in [5, 5.41) is 22.7. The minimum atomic E-state index is -0.750. The summed E-state index contributed by atoms with van der Waals surface area (Å²) in [5.41, 5.74) is -0.856. The summed E-state index contributed by atoms with van der Waals surface area (Å²) >= 11 is 0. The minimum Gasteiger partial charge on any atom is -0.460 e. The maximum Gasteiger partial charge on any atom is 0.374 e. The van der Waals surface area contributed by atoms with E-state index in [1.54, 1.807) is 6.92 Å². The van der Waals surface area contributed by atoms with Gasteiger partial charge in [-0.25, -0.2) is 19.3 Å². The van der Waals surface area contributed by atoms with Crippen LogP contribution in [0.25, 0.3) is 0 Å². The van der Waals surface area contributed by atoms with E-state index in [-0.39, 0.29) is 35.3 Å². The van der Waals surface area contributed by atoms with Gasteiger partial charge in [-0.15, -0.1) is 0 Å². The van der Waals surface area contributed by atoms with E-state index >= 15 is 0 Å². The molecule has 0 spiro atoms. The minimum absolute atomic E-state index is 0.0855. The Balaban J connectivity index is 0.000000543. The Morgan fingerprint density at radius 2 is 1.47 bits per heavy atom. The highest BCUT2D eigenvalue weighted by Gasteiger charge is 2.15. The van der Waals surface area contributed by atoms with Crippen LogP contribution in [0.2, 0.25) is 0 Å². The lowest BCUT2D eigenvalue weighted by Gasteiger charge is -2.07. The van der Waals surface area contributed by atoms with Crippen LogP contribution >= 0.6 is 0 Å². The molecule has 2 rings (SSSR count). The fourth-order valence-corrected chi connectivity index (χ4v) is 1.95. The number of esters is 1. The number of Topliss-reactive ketones (excluding diaryl/α,β-unsaturated/α-hetero) is 2. The molecule has 2 aromatic heterocycles. The average molecular weight is 456 g/mol. The lowest BCUT2D eigenvalue weighted by atomic mass is 10.1. The molecule has 12 heteroatoms. The molecule has 0 saturated heterocycles. The molecule has 0 aromatic carbocycles. The van der Waals surface area contributed by atoms with Gasteiger partial charge in [0.25, 0.3) is 0 Å². The Bertz CT molecular complexity index is 982. The lowest BCUT2D eigenvalue weighted by molar-refractivity contribution is -0.277. The molecule has 0 amide bonds. The van der Waals surface area contributed by atoms with Crippen LogP contribution in [0, 0.1) is 0 Å². The van der Waals surface area contributed by atoms with Crippen molar-refractivity contribution in [3.8, 4) is 0 Å². The van der Waals surface area contributed by atoms with Crippen molar-refractivity contribution in [2.45, 2.75) is 33.8 Å². The number of hydrogen-bond donors (Lipinski definition) is 3. The summed E-state index contributed by atoms with van der Waals surface area (Å²) in [6, 6.07) is 4.75. The summed E-state index contributed by atoms with van der Waals surface area (Å²) < 4.78 is 13.9. The Morgan fingerprint density at radius 3 is 1.94 bits per heavy atom. The van der Waals surface area contributed by atoms with Crippen LogP contribution in [0.5, 0.6) is 0 Å². The smallest absolute Gasteiger partial charge is 0.374 e. The van der Waals surface area contributed by atoms with E-state index in [9.17, 15) is 24.0 Å². The van der Waals surface area contributed by atoms with E-state index < -0.39 is 30.1 Å². The molecule has 0 saturated carbocycles. The molecule has 0 fully saturated rings. The summed E-state index contributed by atoms with van der Waals surface area (Å²) in [5.74, 6) is -1.67. The van der Waals surface area contributed by atoms with Crippen molar-refractivity contribution in [2.24, 2.45) is 0 Å². The Kier molecular flexibility index (Phi) is 13.0. The van der Waals surface area contributed by atoms with Gasteiger partial charge in [0.15, 0.2) is 17.3 Å². The second-order valence-corrected chi connectivity index (χ2v) is 5.83. The molecule has 1 atom stereocenters. The molecule has 176 valence electrons. The van der Waals surface area contributed by atoms with Crippen molar-refractivity contribution < 1.29 is 48.3 Å². The maximum absolute atomic E-state index is 11.3. The highest BCUT2D eigenvalue weighted by Crippen LogP contribution is 2.15. The van der Waals surface area contributed by atoms with Crippen molar-refractivity contribution in [2.75, 3.05) is 13.4 Å². The second kappa shape index (κ2) is 14.5. The van der Waals surface area contributed by atoms with E-state index in [0.717, 1.165) is 12.1 Å². The van der Waals surface area contributed by atoms with Gasteiger partial charge in [-0.2, -0.15) is 0 Å². The Labute approximate surface area is 181 Å². The topological polar surface area (TPSA) is 191 Å². The quantitative estimate of drug-likeness (QED) is 0.186. The first-order valence-electron chi connectivity index (χ1n) is 9.01. The SMILES string of the molecule is CC(=O)c1cc(C(C)=O)oc(=O)c1.CCOC(=O)c1cc(C(C)OO)cc(=O)o1.OCO. The van der Waals surface area contributed by atoms with Gasteiger partial charge < -0.3 is 23.8 Å². The summed E-state index contributed by atoms with van der Waals surface area (Å²) in [6.45, 7) is 5.17. The molecule has 2 aromatic rings. The van der Waals surface area contributed by atoms with Crippen LogP contribution in [-0.2, 0) is 9.62 Å². The first-order valence-corrected chi connectivity index (χ1v) is 9.01. The summed E-state index contributed by atoms with van der Waals surface area (Å²) in [4.78, 5) is 59.0. The molecule has 12 nitrogen and oxygen atoms in total. The fourth-order valence-electron chi connectivity index (χ4n) is 1.95. The van der Waals surface area contributed by atoms with Gasteiger partial charge in [0.1, 0.15) is 12.9 Å². The number of rotatable bonds is 6. The van der Waals surface area contributed by atoms with Gasteiger partial charge in [0, 0.05) is 24.6 Å². The van der Waals surface area contributed by atoms with Crippen molar-refractivity contribution in [3.63, 3.8) is 0 Å². The van der Waals surface area contributed by atoms with Gasteiger partial charge in [0.05, 0.1) is 6.61 Å². The molecular formula is C20H24O12. The number of aliphatic hydroxyl groups excluding tert-OH is 1. The predicted molar refractivity (Wildman–Crippen MR) is 107 cm³/mol. The third-order valence-corrected chi connectivity index (χ3v) is 3.42. The second-order valence-electron chi connectivity index (χ2n) is 5.83. The van der Waals surface area contributed by atoms with Gasteiger partial charge >= 0.3 is 17.2 Å². The van der Waals surface area contributed by atoms with Gasteiger partial charge in [-0.3, -0.25) is 14.8 Å². The highest BCUT2D eigenvalue weighted by molar-refractivity contribution is 5.97. The zero-order valence-electron chi connectivity index (χ0n) is 17.8. The Morgan fingerprint density at radius 1 is 0.938 bits per heavy atom. The molecule has 2 heterocycles. The third-order valence-electron chi connectivity index (χ3n) is 3.42. The standard InChI is InChI=1S/C10H12O6.C9H8O4.CH4O2/c1-3-14-10(12)8-4-7(6(2)16-13)5-9(11)15-8;1-5(10)7-3-8(6(2)11)13-9(12)4-7;2-1-3/h4-6,13H,3H2,1-2H3;3-4H,1-2H3;2-3H,1H2. The maximum atomic E-state index is 11.3. The number of aliphatic hydroxyl groups is 2. The number of ether oxygens (including phenoxy) is 1. The largest absolute Gasteiger partial charge is 0.460 e. The normalized spacial score (nSPS) is 10.6. The fraction of sp³-hybridized carbons (Fsp3) is 0.350. The zero-order chi connectivity index (χ0) is 24.8. The van der Waals surface area contributed by atoms with Crippen LogP contribution < -0.4 is 11.3 Å². The van der Waals surface area contributed by atoms with Crippen molar-refractivity contribution in [3.05, 3.63) is 67.8 Å². The summed E-state index contributed by atoms with van der Waals surface area (Å²) in [7, 11) is 0. The highest BCUT2D eigenvalue weighted by atomic mass is 17.1. The van der Waals surface area contributed by atoms with Gasteiger partial charge in [0.2, 0.25) is 5.76 Å². The number of carbonyl (C=O) groups excluding carboxylic acids is 3. The average Bonchev–Trinajstić information content (AvgIpc) is 2.73. The first-order chi connectivity index (χ1) is 15.0. The Hall–Kier alpha value is -3.45. The monoisotopic (exact) mass is 456 g/mol. The first kappa shape index (κ1) is 28.5. The van der Waals surface area contributed by atoms with Gasteiger partial charge in [-0.1, -0.05) is 0 Å². The molecule has 3 N–H and O–H groups in total. The molecular weight excluding hydrogens is 432 g/mol. The zero-order valence-corrected chi connectivity index (χ0v) is 17.8. The van der Waals surface area contributed by atoms with Crippen LogP contribution in [0.4, 0.5) is 0 Å². The van der Waals surface area contributed by atoms with Crippen LogP contribution in [0.3, 0.4) is 0 Å². The molecule has 0 aliphatic heterocycles. The van der Waals surface area contributed by atoms with Crippen molar-refractivity contribution in [1.82, 2.24) is 0 Å². The van der Waals surface area contributed by atoms with Crippen LogP contribution in [-0.4, -0.2) is 46.4 Å². The third kappa shape index (κ3) is 10.0. The molecule has 0 aliphatic carbocycles. The van der Waals surface area contributed by atoms with E-state index in [0.29, 0.717) is 5.56 Å².